The van der Waals surface area contributed by atoms with E-state index in [1.165, 1.54) is 6.42 Å². The summed E-state index contributed by atoms with van der Waals surface area (Å²) >= 11 is 19.4. The minimum Gasteiger partial charge on any atom is -0.370 e. The number of nitrogens with zero attached hydrogens (tertiary/aromatic N) is 4. The van der Waals surface area contributed by atoms with Gasteiger partial charge in [0.25, 0.3) is 0 Å². The quantitative estimate of drug-likeness (QED) is 0.238. The molecule has 2 aromatic carbocycles. The number of benzene rings is 2. The van der Waals surface area contributed by atoms with Gasteiger partial charge in [0.05, 0.1) is 22.4 Å². The minimum absolute atomic E-state index is 0.155. The first-order chi connectivity index (χ1) is 19.3. The summed E-state index contributed by atoms with van der Waals surface area (Å²) in [4.78, 5) is 9.32. The standard InChI is InChI=1S/C32H33Cl2N5S/c1-20-15-21(2)19-37(18-20)28-12-10-24(17-26(28)34)39-31(30(36-32(39)40)27-7-4-5-13-35-27)29-8-6-14-38(29)23-9-11-25(33)22(3)16-23/h4-14,16-17,20-21,30-31H,15,18-19H2,1-3H3,(H,36,40)/t20-,21+,30-,31+/m0/s1. The molecule has 0 amide bonds. The Bertz CT molecular complexity index is 1530. The fourth-order valence-electron chi connectivity index (χ4n) is 6.34. The van der Waals surface area contributed by atoms with Crippen LogP contribution in [0.1, 0.15) is 49.3 Å². The molecule has 2 saturated heterocycles. The van der Waals surface area contributed by atoms with E-state index < -0.39 is 0 Å². The molecular weight excluding hydrogens is 557 g/mol. The van der Waals surface area contributed by atoms with E-state index in [4.69, 9.17) is 40.4 Å². The lowest BCUT2D eigenvalue weighted by Crippen LogP contribution is -2.38. The number of thiocarbonyl (C=S) groups is 1. The van der Waals surface area contributed by atoms with Crippen molar-refractivity contribution in [1.82, 2.24) is 14.9 Å². The molecule has 8 heteroatoms. The van der Waals surface area contributed by atoms with E-state index in [0.29, 0.717) is 16.9 Å². The highest BCUT2D eigenvalue weighted by Crippen LogP contribution is 2.44. The van der Waals surface area contributed by atoms with Crippen molar-refractivity contribution >= 4 is 51.9 Å². The van der Waals surface area contributed by atoms with E-state index in [0.717, 1.165) is 57.1 Å². The van der Waals surface area contributed by atoms with Crippen LogP contribution in [0.5, 0.6) is 0 Å². The van der Waals surface area contributed by atoms with Gasteiger partial charge >= 0.3 is 0 Å². The average Bonchev–Trinajstić information content (AvgIpc) is 3.54. The molecule has 0 radical (unpaired) electrons. The Labute approximate surface area is 251 Å². The van der Waals surface area contributed by atoms with Crippen molar-refractivity contribution in [2.24, 2.45) is 11.8 Å². The van der Waals surface area contributed by atoms with E-state index in [2.05, 4.69) is 76.1 Å². The normalized spacial score (nSPS) is 23.0. The summed E-state index contributed by atoms with van der Waals surface area (Å²) in [5, 5.41) is 5.71. The molecule has 0 unspecified atom stereocenters. The monoisotopic (exact) mass is 589 g/mol. The van der Waals surface area contributed by atoms with Gasteiger partial charge in [-0.3, -0.25) is 4.98 Å². The van der Waals surface area contributed by atoms with E-state index in [9.17, 15) is 0 Å². The number of nitrogens with one attached hydrogen (secondary N) is 1. The maximum atomic E-state index is 7.01. The highest BCUT2D eigenvalue weighted by molar-refractivity contribution is 7.80. The van der Waals surface area contributed by atoms with Gasteiger partial charge in [-0.15, -0.1) is 0 Å². The lowest BCUT2D eigenvalue weighted by molar-refractivity contribution is 0.357. The Morgan fingerprint density at radius 1 is 0.900 bits per heavy atom. The molecular formula is C32H33Cl2N5S. The Kier molecular flexibility index (Phi) is 7.51. The molecule has 2 aromatic heterocycles. The van der Waals surface area contributed by atoms with Crippen LogP contribution in [-0.4, -0.2) is 27.8 Å². The molecule has 0 aliphatic carbocycles. The van der Waals surface area contributed by atoms with Gasteiger partial charge in [-0.05, 0) is 104 Å². The van der Waals surface area contributed by atoms with Crippen molar-refractivity contribution in [2.45, 2.75) is 39.3 Å². The van der Waals surface area contributed by atoms with Crippen LogP contribution in [0.15, 0.2) is 79.1 Å². The van der Waals surface area contributed by atoms with Crippen LogP contribution in [0.25, 0.3) is 5.69 Å². The number of hydrogen-bond donors (Lipinski definition) is 1. The van der Waals surface area contributed by atoms with Crippen molar-refractivity contribution in [2.75, 3.05) is 22.9 Å². The van der Waals surface area contributed by atoms with Crippen LogP contribution in [-0.2, 0) is 0 Å². The van der Waals surface area contributed by atoms with Crippen LogP contribution in [0.2, 0.25) is 10.0 Å². The third-order valence-electron chi connectivity index (χ3n) is 8.02. The van der Waals surface area contributed by atoms with Crippen molar-refractivity contribution in [3.8, 4) is 5.69 Å². The molecule has 2 aliphatic rings. The second-order valence-corrected chi connectivity index (χ2v) is 12.4. The smallest absolute Gasteiger partial charge is 0.174 e. The third kappa shape index (κ3) is 5.09. The van der Waals surface area contributed by atoms with Gasteiger partial charge in [0.2, 0.25) is 0 Å². The minimum atomic E-state index is -0.162. The number of rotatable bonds is 5. The highest BCUT2D eigenvalue weighted by atomic mass is 35.5. The molecule has 4 aromatic rings. The van der Waals surface area contributed by atoms with Gasteiger partial charge in [0, 0.05) is 47.6 Å². The lowest BCUT2D eigenvalue weighted by atomic mass is 9.91. The SMILES string of the molecule is Cc1cc(-n2cccc2[C@@H]2[C@H](c3ccccn3)NC(=S)N2c2ccc(N3C[C@H](C)C[C@H](C)C3)c(Cl)c2)ccc1Cl. The number of hydrogen-bond acceptors (Lipinski definition) is 3. The Balaban J connectivity index is 1.43. The van der Waals surface area contributed by atoms with Crippen molar-refractivity contribution in [3.05, 3.63) is 106 Å². The number of pyridine rings is 1. The fraction of sp³-hybridized carbons (Fsp3) is 0.312. The fourth-order valence-corrected chi connectivity index (χ4v) is 7.10. The summed E-state index contributed by atoms with van der Waals surface area (Å²) in [6.07, 6.45) is 5.17. The van der Waals surface area contributed by atoms with Crippen LogP contribution in [0, 0.1) is 18.8 Å². The van der Waals surface area contributed by atoms with Gasteiger partial charge in [0.1, 0.15) is 6.04 Å². The molecule has 40 heavy (non-hydrogen) atoms. The third-order valence-corrected chi connectivity index (χ3v) is 9.06. The predicted octanol–water partition coefficient (Wildman–Crippen LogP) is 8.15. The Morgan fingerprint density at radius 3 is 2.38 bits per heavy atom. The summed E-state index contributed by atoms with van der Waals surface area (Å²) in [6, 6.07) is 22.4. The van der Waals surface area contributed by atoms with Crippen molar-refractivity contribution in [3.63, 3.8) is 0 Å². The largest absolute Gasteiger partial charge is 0.370 e. The molecule has 5 nitrogen and oxygen atoms in total. The predicted molar refractivity (Wildman–Crippen MR) is 170 cm³/mol. The number of aromatic nitrogens is 2. The number of piperidine rings is 1. The molecule has 0 spiro atoms. The molecule has 206 valence electrons. The Morgan fingerprint density at radius 2 is 1.68 bits per heavy atom. The zero-order valence-electron chi connectivity index (χ0n) is 22.9. The molecule has 2 fully saturated rings. The molecule has 4 heterocycles. The van der Waals surface area contributed by atoms with Gasteiger partial charge in [-0.1, -0.05) is 43.1 Å². The van der Waals surface area contributed by atoms with Gasteiger partial charge in [0.15, 0.2) is 5.11 Å². The van der Waals surface area contributed by atoms with E-state index in [1.54, 1.807) is 0 Å². The molecule has 2 aliphatic heterocycles. The summed E-state index contributed by atoms with van der Waals surface area (Å²) in [5.41, 5.74) is 6.12. The summed E-state index contributed by atoms with van der Waals surface area (Å²) < 4.78 is 2.21. The second-order valence-electron chi connectivity index (χ2n) is 11.2. The van der Waals surface area contributed by atoms with Gasteiger partial charge < -0.3 is 19.7 Å². The first-order valence-electron chi connectivity index (χ1n) is 13.8. The van der Waals surface area contributed by atoms with Crippen molar-refractivity contribution < 1.29 is 0 Å². The summed E-state index contributed by atoms with van der Waals surface area (Å²) in [5.74, 6) is 1.28. The van der Waals surface area contributed by atoms with E-state index in [-0.39, 0.29) is 12.1 Å². The lowest BCUT2D eigenvalue weighted by Gasteiger charge is -2.37. The van der Waals surface area contributed by atoms with Gasteiger partial charge in [-0.25, -0.2) is 0 Å². The summed E-state index contributed by atoms with van der Waals surface area (Å²) in [7, 11) is 0. The molecule has 6 rings (SSSR count). The maximum Gasteiger partial charge on any atom is 0.174 e. The van der Waals surface area contributed by atoms with Crippen LogP contribution < -0.4 is 15.1 Å². The first kappa shape index (κ1) is 27.1. The van der Waals surface area contributed by atoms with Crippen molar-refractivity contribution in [1.29, 1.82) is 0 Å². The number of anilines is 2. The zero-order valence-corrected chi connectivity index (χ0v) is 25.2. The molecule has 1 N–H and O–H groups in total. The topological polar surface area (TPSA) is 36.3 Å². The molecule has 0 saturated carbocycles. The van der Waals surface area contributed by atoms with Crippen LogP contribution in [0.3, 0.4) is 0 Å². The maximum absolute atomic E-state index is 7.01. The molecule has 4 atom stereocenters. The van der Waals surface area contributed by atoms with Gasteiger partial charge in [-0.2, -0.15) is 0 Å². The average molecular weight is 591 g/mol. The van der Waals surface area contributed by atoms with Crippen LogP contribution in [0.4, 0.5) is 11.4 Å². The number of halogens is 2. The van der Waals surface area contributed by atoms with Crippen LogP contribution >= 0.6 is 35.4 Å². The molecule has 0 bridgehead atoms. The Hall–Kier alpha value is -3.06. The summed E-state index contributed by atoms with van der Waals surface area (Å²) in [6.45, 7) is 8.70. The highest BCUT2D eigenvalue weighted by Gasteiger charge is 2.42. The van der Waals surface area contributed by atoms with E-state index >= 15 is 0 Å². The zero-order chi connectivity index (χ0) is 28.0. The second kappa shape index (κ2) is 11.1. The van der Waals surface area contributed by atoms with E-state index in [1.807, 2.05) is 43.5 Å². The first-order valence-corrected chi connectivity index (χ1v) is 15.0. The number of aryl methyl sites for hydroxylation is 1.